The quantitative estimate of drug-likeness (QED) is 0.328. The van der Waals surface area contributed by atoms with E-state index in [2.05, 4.69) is 29.1 Å². The molecule has 0 aromatic heterocycles. The molecule has 0 spiro atoms. The highest BCUT2D eigenvalue weighted by atomic mass is 16.2. The maximum absolute atomic E-state index is 11.7. The van der Waals surface area contributed by atoms with Crippen molar-refractivity contribution in [1.82, 2.24) is 10.6 Å². The van der Waals surface area contributed by atoms with E-state index in [0.29, 0.717) is 24.0 Å². The van der Waals surface area contributed by atoms with Gasteiger partial charge in [0.05, 0.1) is 0 Å². The van der Waals surface area contributed by atoms with E-state index < -0.39 is 0 Å². The predicted octanol–water partition coefficient (Wildman–Crippen LogP) is 2.49. The van der Waals surface area contributed by atoms with Crippen molar-refractivity contribution >= 4 is 11.8 Å². The molecule has 0 unspecified atom stereocenters. The Labute approximate surface area is 133 Å². The smallest absolute Gasteiger partial charge is 0.247 e. The Kier molecular flexibility index (Phi) is 10.2. The van der Waals surface area contributed by atoms with Crippen LogP contribution in [0.2, 0.25) is 0 Å². The minimum absolute atomic E-state index is 0.0285. The molecule has 0 aromatic carbocycles. The van der Waals surface area contributed by atoms with Crippen LogP contribution in [0.4, 0.5) is 0 Å². The molecule has 120 valence electrons. The van der Waals surface area contributed by atoms with Crippen molar-refractivity contribution in [2.75, 3.05) is 7.05 Å². The number of carbonyl (C=O) groups excluding carboxylic acids is 2. The van der Waals surface area contributed by atoms with Crippen molar-refractivity contribution in [1.29, 1.82) is 0 Å². The maximum Gasteiger partial charge on any atom is 0.247 e. The minimum Gasteiger partial charge on any atom is -0.359 e. The first-order valence-electron chi connectivity index (χ1n) is 7.41. The van der Waals surface area contributed by atoms with Crippen molar-refractivity contribution in [3.8, 4) is 11.8 Å². The van der Waals surface area contributed by atoms with Crippen LogP contribution in [-0.4, -0.2) is 24.9 Å². The number of carbonyl (C=O) groups is 2. The molecular weight excluding hydrogens is 276 g/mol. The molecule has 0 bridgehead atoms. The van der Waals surface area contributed by atoms with Gasteiger partial charge in [-0.05, 0) is 33.3 Å². The fraction of sp³-hybridized carbons (Fsp3) is 0.444. The number of hydrogen-bond acceptors (Lipinski definition) is 2. The van der Waals surface area contributed by atoms with Crippen molar-refractivity contribution < 1.29 is 9.59 Å². The lowest BCUT2D eigenvalue weighted by atomic mass is 10.2. The Morgan fingerprint density at radius 2 is 2.00 bits per heavy atom. The van der Waals surface area contributed by atoms with Crippen LogP contribution in [0.1, 0.15) is 40.0 Å². The van der Waals surface area contributed by atoms with Crippen molar-refractivity contribution in [2.24, 2.45) is 0 Å². The summed E-state index contributed by atoms with van der Waals surface area (Å²) in [7, 11) is 1.62. The van der Waals surface area contributed by atoms with E-state index in [4.69, 9.17) is 0 Å². The van der Waals surface area contributed by atoms with Crippen LogP contribution in [0.3, 0.4) is 0 Å². The third-order valence-corrected chi connectivity index (χ3v) is 2.65. The number of unbranched alkanes of at least 4 members (excludes halogenated alkanes) is 1. The lowest BCUT2D eigenvalue weighted by molar-refractivity contribution is -0.120. The molecule has 0 aliphatic heterocycles. The summed E-state index contributed by atoms with van der Waals surface area (Å²) in [4.78, 5) is 22.7. The number of hydrogen-bond donors (Lipinski definition) is 2. The molecule has 0 radical (unpaired) electrons. The molecule has 0 saturated heterocycles. The first-order valence-corrected chi connectivity index (χ1v) is 7.41. The molecule has 0 saturated carbocycles. The van der Waals surface area contributed by atoms with Crippen molar-refractivity contribution in [2.45, 2.75) is 46.1 Å². The zero-order chi connectivity index (χ0) is 17.0. The van der Waals surface area contributed by atoms with Gasteiger partial charge in [0.25, 0.3) is 0 Å². The van der Waals surface area contributed by atoms with E-state index in [1.807, 2.05) is 13.8 Å². The molecular formula is C18H26N2O2. The molecule has 0 aromatic rings. The Balaban J connectivity index is 4.21. The zero-order valence-electron chi connectivity index (χ0n) is 14.0. The molecule has 0 heterocycles. The van der Waals surface area contributed by atoms with Crippen LogP contribution in [0, 0.1) is 11.8 Å². The van der Waals surface area contributed by atoms with E-state index in [1.165, 1.54) is 0 Å². The summed E-state index contributed by atoms with van der Waals surface area (Å²) in [6.45, 7) is 9.42. The Morgan fingerprint density at radius 3 is 2.59 bits per heavy atom. The van der Waals surface area contributed by atoms with Crippen LogP contribution in [-0.2, 0) is 9.59 Å². The van der Waals surface area contributed by atoms with Gasteiger partial charge in [-0.2, -0.15) is 0 Å². The molecule has 0 aliphatic rings. The molecule has 4 heteroatoms. The van der Waals surface area contributed by atoms with Crippen LogP contribution >= 0.6 is 0 Å². The molecule has 0 atom stereocenters. The lowest BCUT2D eigenvalue weighted by Gasteiger charge is -2.07. The average molecular weight is 302 g/mol. The van der Waals surface area contributed by atoms with E-state index in [9.17, 15) is 9.59 Å². The van der Waals surface area contributed by atoms with Gasteiger partial charge >= 0.3 is 0 Å². The van der Waals surface area contributed by atoms with Gasteiger partial charge in [-0.25, -0.2) is 0 Å². The van der Waals surface area contributed by atoms with E-state index in [1.54, 1.807) is 32.2 Å². The van der Waals surface area contributed by atoms with Crippen LogP contribution in [0.25, 0.3) is 0 Å². The fourth-order valence-electron chi connectivity index (χ4n) is 1.44. The Hall–Kier alpha value is -2.28. The van der Waals surface area contributed by atoms with Crippen molar-refractivity contribution in [3.05, 3.63) is 36.0 Å². The predicted molar refractivity (Wildman–Crippen MR) is 91.0 cm³/mol. The molecule has 0 rings (SSSR count). The second-order valence-electron chi connectivity index (χ2n) is 5.19. The number of amides is 2. The minimum atomic E-state index is -0.0782. The van der Waals surface area contributed by atoms with Crippen LogP contribution in [0.15, 0.2) is 36.0 Å². The first-order chi connectivity index (χ1) is 10.4. The normalized spacial score (nSPS) is 11.0. The monoisotopic (exact) mass is 302 g/mol. The van der Waals surface area contributed by atoms with E-state index in [-0.39, 0.29) is 17.9 Å². The SMILES string of the molecule is C=C(C#CCCCC(=O)NC)/C=C\C=C(/C)C(=O)NC(C)C. The third-order valence-electron chi connectivity index (χ3n) is 2.65. The molecule has 0 aliphatic carbocycles. The molecule has 4 nitrogen and oxygen atoms in total. The number of rotatable bonds is 7. The topological polar surface area (TPSA) is 58.2 Å². The molecule has 2 N–H and O–H groups in total. The third kappa shape index (κ3) is 10.5. The van der Waals surface area contributed by atoms with Gasteiger partial charge in [-0.3, -0.25) is 9.59 Å². The van der Waals surface area contributed by atoms with Gasteiger partial charge < -0.3 is 10.6 Å². The largest absolute Gasteiger partial charge is 0.359 e. The van der Waals surface area contributed by atoms with Crippen molar-refractivity contribution in [3.63, 3.8) is 0 Å². The van der Waals surface area contributed by atoms with Gasteiger partial charge in [-0.15, -0.1) is 0 Å². The fourth-order valence-corrected chi connectivity index (χ4v) is 1.44. The van der Waals surface area contributed by atoms with Crippen LogP contribution in [0.5, 0.6) is 0 Å². The van der Waals surface area contributed by atoms with Gasteiger partial charge in [0.15, 0.2) is 0 Å². The van der Waals surface area contributed by atoms with E-state index >= 15 is 0 Å². The van der Waals surface area contributed by atoms with E-state index in [0.717, 1.165) is 6.42 Å². The summed E-state index contributed by atoms with van der Waals surface area (Å²) in [6, 6.07) is 0.121. The standard InChI is InChI=1S/C18H26N2O2/c1-14(2)20-18(22)16(4)12-9-11-15(3)10-7-6-8-13-17(21)19-5/h9,11-12,14H,3,6,8,13H2,1-2,4-5H3,(H,19,21)(H,20,22)/b11-9-,16-12+. The van der Waals surface area contributed by atoms with Crippen LogP contribution < -0.4 is 10.6 Å². The second-order valence-corrected chi connectivity index (χ2v) is 5.19. The van der Waals surface area contributed by atoms with Gasteiger partial charge in [0.1, 0.15) is 0 Å². The summed E-state index contributed by atoms with van der Waals surface area (Å²) in [6.07, 6.45) is 7.13. The Bertz CT molecular complexity index is 517. The highest BCUT2D eigenvalue weighted by Gasteiger charge is 2.03. The first kappa shape index (κ1) is 19.7. The van der Waals surface area contributed by atoms with Gasteiger partial charge in [-0.1, -0.05) is 30.6 Å². The average Bonchev–Trinajstić information content (AvgIpc) is 2.45. The van der Waals surface area contributed by atoms with Gasteiger partial charge in [0.2, 0.25) is 11.8 Å². The zero-order valence-corrected chi connectivity index (χ0v) is 14.0. The summed E-state index contributed by atoms with van der Waals surface area (Å²) in [5.41, 5.74) is 1.31. The summed E-state index contributed by atoms with van der Waals surface area (Å²) in [5, 5.41) is 5.39. The summed E-state index contributed by atoms with van der Waals surface area (Å²) < 4.78 is 0. The molecule has 0 fully saturated rings. The highest BCUT2D eigenvalue weighted by Crippen LogP contribution is 1.98. The van der Waals surface area contributed by atoms with Gasteiger partial charge in [0, 0.05) is 37.1 Å². The molecule has 22 heavy (non-hydrogen) atoms. The number of nitrogens with one attached hydrogen (secondary N) is 2. The molecule has 2 amide bonds. The summed E-state index contributed by atoms with van der Waals surface area (Å²) >= 11 is 0. The maximum atomic E-state index is 11.7. The Morgan fingerprint density at radius 1 is 1.32 bits per heavy atom. The lowest BCUT2D eigenvalue weighted by Crippen LogP contribution is -2.30. The number of allylic oxidation sites excluding steroid dienone is 4. The highest BCUT2D eigenvalue weighted by molar-refractivity contribution is 5.93. The summed E-state index contributed by atoms with van der Waals surface area (Å²) in [5.74, 6) is 5.84. The second kappa shape index (κ2) is 11.4.